The van der Waals surface area contributed by atoms with E-state index in [4.69, 9.17) is 9.84 Å². The van der Waals surface area contributed by atoms with Crippen LogP contribution in [-0.4, -0.2) is 47.6 Å². The molecular weight excluding hydrogens is 210 g/mol. The molecule has 1 aliphatic rings. The zero-order chi connectivity index (χ0) is 12.2. The molecule has 0 radical (unpaired) electrons. The normalized spacial score (nSPS) is 22.0. The highest BCUT2D eigenvalue weighted by atomic mass is 16.5. The first-order valence-electron chi connectivity index (χ1n) is 5.71. The first-order valence-corrected chi connectivity index (χ1v) is 5.71. The number of carboxylic acids is 1. The molecule has 3 N–H and O–H groups in total. The highest BCUT2D eigenvalue weighted by Gasteiger charge is 2.32. The molecule has 0 spiro atoms. The van der Waals surface area contributed by atoms with Gasteiger partial charge in [0.2, 0.25) is 0 Å². The third-order valence-electron chi connectivity index (χ3n) is 3.01. The fourth-order valence-corrected chi connectivity index (χ4v) is 1.84. The molecule has 0 saturated carbocycles. The van der Waals surface area contributed by atoms with Crippen LogP contribution >= 0.6 is 0 Å². The average Bonchev–Trinajstić information content (AvgIpc) is 2.17. The number of rotatable bonds is 5. The summed E-state index contributed by atoms with van der Waals surface area (Å²) >= 11 is 0. The summed E-state index contributed by atoms with van der Waals surface area (Å²) in [7, 11) is 0. The second-order valence-corrected chi connectivity index (χ2v) is 4.78. The number of ether oxygens (including phenoxy) is 1. The maximum Gasteiger partial charge on any atom is 0.320 e. The third kappa shape index (κ3) is 3.73. The highest BCUT2D eigenvalue weighted by molar-refractivity contribution is 5.73. The first-order chi connectivity index (χ1) is 7.44. The Hall–Kier alpha value is -0.650. The van der Waals surface area contributed by atoms with Gasteiger partial charge in [-0.05, 0) is 5.92 Å². The van der Waals surface area contributed by atoms with Crippen LogP contribution in [0.1, 0.15) is 26.7 Å². The molecule has 1 atom stereocenters. The van der Waals surface area contributed by atoms with Gasteiger partial charge in [-0.15, -0.1) is 0 Å². The van der Waals surface area contributed by atoms with Crippen molar-refractivity contribution in [2.24, 2.45) is 5.92 Å². The number of hydrogen-bond acceptors (Lipinski definition) is 4. The van der Waals surface area contributed by atoms with E-state index in [1.54, 1.807) is 0 Å². The third-order valence-corrected chi connectivity index (χ3v) is 3.01. The summed E-state index contributed by atoms with van der Waals surface area (Å²) in [4.78, 5) is 10.9. The van der Waals surface area contributed by atoms with Crippen LogP contribution in [0.25, 0.3) is 0 Å². The topological polar surface area (TPSA) is 78.8 Å². The lowest BCUT2D eigenvalue weighted by molar-refractivity contribution is -0.141. The van der Waals surface area contributed by atoms with Crippen molar-refractivity contribution in [2.45, 2.75) is 38.3 Å². The van der Waals surface area contributed by atoms with Gasteiger partial charge in [-0.1, -0.05) is 13.8 Å². The first kappa shape index (κ1) is 13.4. The van der Waals surface area contributed by atoms with Crippen LogP contribution in [0.2, 0.25) is 0 Å². The van der Waals surface area contributed by atoms with E-state index >= 15 is 0 Å². The summed E-state index contributed by atoms with van der Waals surface area (Å²) in [5.41, 5.74) is -0.819. The predicted molar refractivity (Wildman–Crippen MR) is 59.3 cm³/mol. The second-order valence-electron chi connectivity index (χ2n) is 4.78. The summed E-state index contributed by atoms with van der Waals surface area (Å²) in [6.07, 6.45) is 1.12. The van der Waals surface area contributed by atoms with E-state index in [1.807, 2.05) is 13.8 Å². The minimum absolute atomic E-state index is 0.000871. The Morgan fingerprint density at radius 2 is 2.00 bits per heavy atom. The van der Waals surface area contributed by atoms with Gasteiger partial charge in [0.1, 0.15) is 6.04 Å². The van der Waals surface area contributed by atoms with E-state index in [2.05, 4.69) is 5.32 Å². The fourth-order valence-electron chi connectivity index (χ4n) is 1.84. The van der Waals surface area contributed by atoms with Gasteiger partial charge in [0.15, 0.2) is 0 Å². The zero-order valence-electron chi connectivity index (χ0n) is 9.90. The number of carboxylic acid groups (broad SMARTS) is 1. The standard InChI is InChI=1S/C11H21NO4/c1-8(2)9(10(13)14)12-7-11(15)3-5-16-6-4-11/h8-9,12,15H,3-7H2,1-2H3,(H,13,14). The molecule has 0 bridgehead atoms. The second kappa shape index (κ2) is 5.61. The van der Waals surface area contributed by atoms with Crippen LogP contribution in [0.4, 0.5) is 0 Å². The van der Waals surface area contributed by atoms with E-state index in [0.29, 0.717) is 32.6 Å². The molecule has 1 aliphatic heterocycles. The zero-order valence-corrected chi connectivity index (χ0v) is 9.90. The molecule has 16 heavy (non-hydrogen) atoms. The maximum absolute atomic E-state index is 10.9. The van der Waals surface area contributed by atoms with E-state index in [0.717, 1.165) is 0 Å². The molecule has 0 aromatic carbocycles. The summed E-state index contributed by atoms with van der Waals surface area (Å²) in [5, 5.41) is 22.1. The molecule has 5 nitrogen and oxygen atoms in total. The maximum atomic E-state index is 10.9. The Kier molecular flexibility index (Phi) is 4.70. The van der Waals surface area contributed by atoms with Gasteiger partial charge in [-0.25, -0.2) is 0 Å². The summed E-state index contributed by atoms with van der Waals surface area (Å²) in [5.74, 6) is -0.869. The Morgan fingerprint density at radius 1 is 1.44 bits per heavy atom. The summed E-state index contributed by atoms with van der Waals surface area (Å²) in [6, 6.07) is -0.605. The van der Waals surface area contributed by atoms with E-state index in [1.165, 1.54) is 0 Å². The fraction of sp³-hybridized carbons (Fsp3) is 0.909. The SMILES string of the molecule is CC(C)C(NCC1(O)CCOCC1)C(=O)O. The van der Waals surface area contributed by atoms with Gasteiger partial charge in [-0.3, -0.25) is 4.79 Å². The molecule has 1 unspecified atom stereocenters. The number of carbonyl (C=O) groups is 1. The van der Waals surface area contributed by atoms with Crippen molar-refractivity contribution in [3.8, 4) is 0 Å². The van der Waals surface area contributed by atoms with Crippen molar-refractivity contribution in [1.82, 2.24) is 5.32 Å². The van der Waals surface area contributed by atoms with Gasteiger partial charge >= 0.3 is 5.97 Å². The molecule has 1 saturated heterocycles. The van der Waals surface area contributed by atoms with E-state index in [-0.39, 0.29) is 5.92 Å². The minimum atomic E-state index is -0.870. The van der Waals surface area contributed by atoms with Gasteiger partial charge in [0.25, 0.3) is 0 Å². The lowest BCUT2D eigenvalue weighted by Gasteiger charge is -2.33. The Balaban J connectivity index is 2.44. The number of nitrogens with one attached hydrogen (secondary N) is 1. The number of aliphatic hydroxyl groups is 1. The molecule has 0 amide bonds. The van der Waals surface area contributed by atoms with E-state index in [9.17, 15) is 9.90 Å². The van der Waals surface area contributed by atoms with Crippen LogP contribution in [0, 0.1) is 5.92 Å². The lowest BCUT2D eigenvalue weighted by Crippen LogP contribution is -2.51. The molecule has 94 valence electrons. The van der Waals surface area contributed by atoms with Crippen LogP contribution < -0.4 is 5.32 Å². The Morgan fingerprint density at radius 3 is 2.44 bits per heavy atom. The number of hydrogen-bond donors (Lipinski definition) is 3. The molecule has 0 aromatic heterocycles. The van der Waals surface area contributed by atoms with Crippen molar-refractivity contribution in [2.75, 3.05) is 19.8 Å². The van der Waals surface area contributed by atoms with Crippen molar-refractivity contribution < 1.29 is 19.7 Å². The van der Waals surface area contributed by atoms with Gasteiger partial charge in [0, 0.05) is 32.6 Å². The van der Waals surface area contributed by atoms with E-state index < -0.39 is 17.6 Å². The van der Waals surface area contributed by atoms with Crippen LogP contribution in [0.5, 0.6) is 0 Å². The molecule has 1 heterocycles. The lowest BCUT2D eigenvalue weighted by atomic mass is 9.93. The van der Waals surface area contributed by atoms with Crippen molar-refractivity contribution >= 4 is 5.97 Å². The predicted octanol–water partition coefficient (Wildman–Crippen LogP) is 0.227. The van der Waals surface area contributed by atoms with Gasteiger partial charge in [-0.2, -0.15) is 0 Å². The summed E-state index contributed by atoms with van der Waals surface area (Å²) in [6.45, 7) is 5.08. The Labute approximate surface area is 95.8 Å². The largest absolute Gasteiger partial charge is 0.480 e. The highest BCUT2D eigenvalue weighted by Crippen LogP contribution is 2.19. The molecule has 5 heteroatoms. The molecule has 0 aromatic rings. The van der Waals surface area contributed by atoms with Gasteiger partial charge < -0.3 is 20.3 Å². The molecule has 1 rings (SSSR count). The van der Waals surface area contributed by atoms with Crippen LogP contribution in [0.15, 0.2) is 0 Å². The number of aliphatic carboxylic acids is 1. The smallest absolute Gasteiger partial charge is 0.320 e. The molecule has 1 fully saturated rings. The quantitative estimate of drug-likeness (QED) is 0.631. The Bertz CT molecular complexity index is 236. The molecule has 0 aliphatic carbocycles. The van der Waals surface area contributed by atoms with Gasteiger partial charge in [0.05, 0.1) is 5.60 Å². The van der Waals surface area contributed by atoms with Crippen molar-refractivity contribution in [3.05, 3.63) is 0 Å². The van der Waals surface area contributed by atoms with Crippen LogP contribution in [-0.2, 0) is 9.53 Å². The summed E-state index contributed by atoms with van der Waals surface area (Å²) < 4.78 is 5.16. The van der Waals surface area contributed by atoms with Crippen LogP contribution in [0.3, 0.4) is 0 Å². The molecular formula is C11H21NO4. The monoisotopic (exact) mass is 231 g/mol. The van der Waals surface area contributed by atoms with Crippen molar-refractivity contribution in [1.29, 1.82) is 0 Å². The average molecular weight is 231 g/mol. The van der Waals surface area contributed by atoms with Crippen molar-refractivity contribution in [3.63, 3.8) is 0 Å². The minimum Gasteiger partial charge on any atom is -0.480 e.